The molecule has 1 aliphatic carbocycles. The lowest BCUT2D eigenvalue weighted by molar-refractivity contribution is -0.143. The summed E-state index contributed by atoms with van der Waals surface area (Å²) < 4.78 is 0. The zero-order valence-electron chi connectivity index (χ0n) is 7.20. The van der Waals surface area contributed by atoms with E-state index in [0.717, 1.165) is 32.0 Å². The normalized spacial score (nSPS) is 31.8. The summed E-state index contributed by atoms with van der Waals surface area (Å²) in [5.74, 6) is -0.709. The molecule has 0 radical (unpaired) electrons. The lowest BCUT2D eigenvalue weighted by atomic mass is 9.98. The molecule has 1 atom stereocenters. The van der Waals surface area contributed by atoms with Gasteiger partial charge in [0, 0.05) is 12.6 Å². The molecule has 0 unspecified atom stereocenters. The van der Waals surface area contributed by atoms with Crippen LogP contribution in [0.4, 0.5) is 0 Å². The maximum absolute atomic E-state index is 10.7. The minimum absolute atomic E-state index is 0.0978. The standard InChI is InChI=1S/C9H15NO2/c11-9(12)7-2-1-5-10(6-7)8-3-4-8/h7-8H,1-6H2,(H,11,12)/t7-/m1/s1. The number of aliphatic carboxylic acids is 1. The van der Waals surface area contributed by atoms with Gasteiger partial charge in [0.05, 0.1) is 5.92 Å². The van der Waals surface area contributed by atoms with Gasteiger partial charge in [-0.3, -0.25) is 9.69 Å². The number of likely N-dealkylation sites (tertiary alicyclic amines) is 1. The Bertz CT molecular complexity index is 189. The van der Waals surface area contributed by atoms with Crippen molar-refractivity contribution in [2.75, 3.05) is 13.1 Å². The summed E-state index contributed by atoms with van der Waals surface area (Å²) in [4.78, 5) is 13.1. The zero-order chi connectivity index (χ0) is 8.55. The van der Waals surface area contributed by atoms with E-state index in [4.69, 9.17) is 5.11 Å². The first-order valence-electron chi connectivity index (χ1n) is 4.74. The Labute approximate surface area is 72.4 Å². The topological polar surface area (TPSA) is 40.5 Å². The Morgan fingerprint density at radius 2 is 2.08 bits per heavy atom. The van der Waals surface area contributed by atoms with E-state index >= 15 is 0 Å². The summed E-state index contributed by atoms with van der Waals surface area (Å²) in [6.07, 6.45) is 4.50. The van der Waals surface area contributed by atoms with Gasteiger partial charge in [-0.25, -0.2) is 0 Å². The van der Waals surface area contributed by atoms with E-state index < -0.39 is 5.97 Å². The maximum Gasteiger partial charge on any atom is 0.307 e. The van der Waals surface area contributed by atoms with Crippen LogP contribution in [0.3, 0.4) is 0 Å². The lowest BCUT2D eigenvalue weighted by Crippen LogP contribution is -2.39. The molecule has 1 heterocycles. The third-order valence-corrected chi connectivity index (χ3v) is 2.87. The molecule has 0 spiro atoms. The summed E-state index contributed by atoms with van der Waals surface area (Å²) >= 11 is 0. The van der Waals surface area contributed by atoms with Crippen LogP contribution in [0.5, 0.6) is 0 Å². The third kappa shape index (κ3) is 1.61. The van der Waals surface area contributed by atoms with Crippen molar-refractivity contribution in [1.82, 2.24) is 4.90 Å². The van der Waals surface area contributed by atoms with Crippen LogP contribution in [0.15, 0.2) is 0 Å². The van der Waals surface area contributed by atoms with Crippen molar-refractivity contribution < 1.29 is 9.90 Å². The van der Waals surface area contributed by atoms with E-state index in [2.05, 4.69) is 4.90 Å². The second-order valence-corrected chi connectivity index (χ2v) is 3.90. The quantitative estimate of drug-likeness (QED) is 0.669. The number of hydrogen-bond donors (Lipinski definition) is 1. The molecule has 0 aromatic rings. The molecule has 2 fully saturated rings. The summed E-state index contributed by atoms with van der Waals surface area (Å²) in [5, 5.41) is 8.83. The molecule has 0 amide bonds. The molecule has 68 valence electrons. The van der Waals surface area contributed by atoms with E-state index in [0.29, 0.717) is 0 Å². The Hall–Kier alpha value is -0.570. The second kappa shape index (κ2) is 3.05. The van der Waals surface area contributed by atoms with Gasteiger partial charge < -0.3 is 5.11 Å². The molecule has 3 heteroatoms. The van der Waals surface area contributed by atoms with Crippen LogP contribution in [0.2, 0.25) is 0 Å². The fraction of sp³-hybridized carbons (Fsp3) is 0.889. The van der Waals surface area contributed by atoms with Gasteiger partial charge in [-0.05, 0) is 32.2 Å². The van der Waals surface area contributed by atoms with Gasteiger partial charge in [-0.15, -0.1) is 0 Å². The maximum atomic E-state index is 10.7. The fourth-order valence-electron chi connectivity index (χ4n) is 1.98. The van der Waals surface area contributed by atoms with Crippen molar-refractivity contribution in [3.05, 3.63) is 0 Å². The Morgan fingerprint density at radius 3 is 2.67 bits per heavy atom. The van der Waals surface area contributed by atoms with E-state index in [9.17, 15) is 4.79 Å². The minimum atomic E-state index is -0.611. The third-order valence-electron chi connectivity index (χ3n) is 2.87. The first kappa shape index (κ1) is 8.05. The average molecular weight is 169 g/mol. The number of piperidine rings is 1. The average Bonchev–Trinajstić information content (AvgIpc) is 2.87. The molecule has 0 aromatic heterocycles. The smallest absolute Gasteiger partial charge is 0.307 e. The SMILES string of the molecule is O=C(O)[C@@H]1CCCN(C2CC2)C1. The van der Waals surface area contributed by atoms with Gasteiger partial charge in [0.25, 0.3) is 0 Å². The molecule has 0 aromatic carbocycles. The predicted octanol–water partition coefficient (Wildman–Crippen LogP) is 0.945. The highest BCUT2D eigenvalue weighted by Crippen LogP contribution is 2.30. The van der Waals surface area contributed by atoms with Crippen LogP contribution < -0.4 is 0 Å². The molecule has 3 nitrogen and oxygen atoms in total. The van der Waals surface area contributed by atoms with Gasteiger partial charge in [-0.2, -0.15) is 0 Å². The van der Waals surface area contributed by atoms with Gasteiger partial charge in [0.15, 0.2) is 0 Å². The number of carboxylic acids is 1. The molecule has 1 saturated carbocycles. The molecular weight excluding hydrogens is 154 g/mol. The molecule has 1 saturated heterocycles. The number of carboxylic acid groups (broad SMARTS) is 1. The number of hydrogen-bond acceptors (Lipinski definition) is 2. The van der Waals surface area contributed by atoms with Gasteiger partial charge in [0.1, 0.15) is 0 Å². The molecular formula is C9H15NO2. The number of nitrogens with zero attached hydrogens (tertiary/aromatic N) is 1. The van der Waals surface area contributed by atoms with Crippen molar-refractivity contribution in [2.45, 2.75) is 31.7 Å². The summed E-state index contributed by atoms with van der Waals surface area (Å²) in [5.41, 5.74) is 0. The van der Waals surface area contributed by atoms with Crippen molar-refractivity contribution >= 4 is 5.97 Å². The minimum Gasteiger partial charge on any atom is -0.481 e. The second-order valence-electron chi connectivity index (χ2n) is 3.90. The Kier molecular flexibility index (Phi) is 2.05. The van der Waals surface area contributed by atoms with Crippen molar-refractivity contribution in [1.29, 1.82) is 0 Å². The van der Waals surface area contributed by atoms with E-state index in [1.165, 1.54) is 12.8 Å². The van der Waals surface area contributed by atoms with Crippen LogP contribution in [0.1, 0.15) is 25.7 Å². The molecule has 2 rings (SSSR count). The first-order valence-corrected chi connectivity index (χ1v) is 4.74. The number of carbonyl (C=O) groups is 1. The fourth-order valence-corrected chi connectivity index (χ4v) is 1.98. The van der Waals surface area contributed by atoms with Crippen LogP contribution in [-0.4, -0.2) is 35.1 Å². The molecule has 2 aliphatic rings. The predicted molar refractivity (Wildman–Crippen MR) is 45.0 cm³/mol. The largest absolute Gasteiger partial charge is 0.481 e. The molecule has 12 heavy (non-hydrogen) atoms. The van der Waals surface area contributed by atoms with Crippen LogP contribution in [-0.2, 0) is 4.79 Å². The van der Waals surface area contributed by atoms with Crippen LogP contribution in [0, 0.1) is 5.92 Å². The van der Waals surface area contributed by atoms with Crippen LogP contribution in [0.25, 0.3) is 0 Å². The molecule has 1 N–H and O–H groups in total. The summed E-state index contributed by atoms with van der Waals surface area (Å²) in [7, 11) is 0. The summed E-state index contributed by atoms with van der Waals surface area (Å²) in [6, 6.07) is 0.729. The highest BCUT2D eigenvalue weighted by molar-refractivity contribution is 5.70. The first-order chi connectivity index (χ1) is 5.77. The van der Waals surface area contributed by atoms with Crippen LogP contribution >= 0.6 is 0 Å². The van der Waals surface area contributed by atoms with E-state index in [1.54, 1.807) is 0 Å². The lowest BCUT2D eigenvalue weighted by Gasteiger charge is -2.30. The van der Waals surface area contributed by atoms with Crippen molar-refractivity contribution in [3.63, 3.8) is 0 Å². The van der Waals surface area contributed by atoms with E-state index in [-0.39, 0.29) is 5.92 Å². The monoisotopic (exact) mass is 169 g/mol. The van der Waals surface area contributed by atoms with Crippen molar-refractivity contribution in [3.8, 4) is 0 Å². The molecule has 1 aliphatic heterocycles. The highest BCUT2D eigenvalue weighted by atomic mass is 16.4. The van der Waals surface area contributed by atoms with Gasteiger partial charge >= 0.3 is 5.97 Å². The van der Waals surface area contributed by atoms with Gasteiger partial charge in [0.2, 0.25) is 0 Å². The van der Waals surface area contributed by atoms with Gasteiger partial charge in [-0.1, -0.05) is 0 Å². The number of rotatable bonds is 2. The van der Waals surface area contributed by atoms with E-state index in [1.807, 2.05) is 0 Å². The highest BCUT2D eigenvalue weighted by Gasteiger charge is 2.34. The van der Waals surface area contributed by atoms with Crippen molar-refractivity contribution in [2.24, 2.45) is 5.92 Å². The zero-order valence-corrected chi connectivity index (χ0v) is 7.20. The Balaban J connectivity index is 1.89. The molecule has 0 bridgehead atoms. The summed E-state index contributed by atoms with van der Waals surface area (Å²) in [6.45, 7) is 1.91. The Morgan fingerprint density at radius 1 is 1.33 bits per heavy atom.